The van der Waals surface area contributed by atoms with Gasteiger partial charge in [-0.15, -0.1) is 0 Å². The SMILES string of the molecule is Nc1cc(NC(=O)c2ccc3c(c2)OCCO3)cnc1Cl. The molecule has 1 amide bonds. The van der Waals surface area contributed by atoms with Crippen molar-refractivity contribution in [2.24, 2.45) is 0 Å². The van der Waals surface area contributed by atoms with Crippen molar-refractivity contribution in [3.63, 3.8) is 0 Å². The third-order valence-corrected chi connectivity index (χ3v) is 3.24. The molecule has 0 saturated heterocycles. The number of hydrogen-bond acceptors (Lipinski definition) is 5. The average molecular weight is 306 g/mol. The lowest BCUT2D eigenvalue weighted by Gasteiger charge is -2.18. The van der Waals surface area contributed by atoms with Crippen molar-refractivity contribution in [2.45, 2.75) is 0 Å². The molecule has 108 valence electrons. The van der Waals surface area contributed by atoms with Crippen molar-refractivity contribution >= 4 is 28.9 Å². The van der Waals surface area contributed by atoms with E-state index in [0.29, 0.717) is 41.7 Å². The Morgan fingerprint density at radius 3 is 2.76 bits per heavy atom. The largest absolute Gasteiger partial charge is 0.486 e. The third-order valence-electron chi connectivity index (χ3n) is 2.93. The number of carbonyl (C=O) groups is 1. The molecule has 0 aliphatic carbocycles. The molecule has 0 spiro atoms. The lowest BCUT2D eigenvalue weighted by atomic mass is 10.1. The topological polar surface area (TPSA) is 86.5 Å². The summed E-state index contributed by atoms with van der Waals surface area (Å²) in [6, 6.07) is 6.55. The van der Waals surface area contributed by atoms with Crippen LogP contribution in [-0.4, -0.2) is 24.1 Å². The fourth-order valence-electron chi connectivity index (χ4n) is 1.92. The average Bonchev–Trinajstić information content (AvgIpc) is 2.50. The van der Waals surface area contributed by atoms with Crippen molar-refractivity contribution in [1.29, 1.82) is 0 Å². The van der Waals surface area contributed by atoms with Crippen LogP contribution in [0.1, 0.15) is 10.4 Å². The molecule has 1 aromatic heterocycles. The van der Waals surface area contributed by atoms with E-state index in [4.69, 9.17) is 26.8 Å². The zero-order chi connectivity index (χ0) is 14.8. The molecule has 3 N–H and O–H groups in total. The van der Waals surface area contributed by atoms with Gasteiger partial charge in [-0.25, -0.2) is 4.98 Å². The summed E-state index contributed by atoms with van der Waals surface area (Å²) in [5.41, 5.74) is 6.87. The van der Waals surface area contributed by atoms with E-state index in [2.05, 4.69) is 10.3 Å². The van der Waals surface area contributed by atoms with Gasteiger partial charge in [0, 0.05) is 5.56 Å². The van der Waals surface area contributed by atoms with E-state index in [1.54, 1.807) is 24.3 Å². The van der Waals surface area contributed by atoms with Crippen molar-refractivity contribution in [3.8, 4) is 11.5 Å². The number of ether oxygens (including phenoxy) is 2. The highest BCUT2D eigenvalue weighted by Gasteiger charge is 2.15. The molecule has 0 unspecified atom stereocenters. The van der Waals surface area contributed by atoms with E-state index in [9.17, 15) is 4.79 Å². The van der Waals surface area contributed by atoms with E-state index in [0.717, 1.165) is 0 Å². The van der Waals surface area contributed by atoms with Gasteiger partial charge in [0.15, 0.2) is 16.7 Å². The second-order valence-electron chi connectivity index (χ2n) is 4.42. The number of benzene rings is 1. The van der Waals surface area contributed by atoms with Crippen molar-refractivity contribution in [1.82, 2.24) is 4.98 Å². The predicted octanol–water partition coefficient (Wildman–Crippen LogP) is 2.34. The van der Waals surface area contributed by atoms with Gasteiger partial charge in [0.2, 0.25) is 0 Å². The molecule has 1 aliphatic rings. The van der Waals surface area contributed by atoms with Crippen molar-refractivity contribution in [3.05, 3.63) is 41.2 Å². The number of pyridine rings is 1. The van der Waals surface area contributed by atoms with Crippen LogP contribution in [0.4, 0.5) is 11.4 Å². The Hall–Kier alpha value is -2.47. The summed E-state index contributed by atoms with van der Waals surface area (Å²) < 4.78 is 10.9. The van der Waals surface area contributed by atoms with E-state index in [1.807, 2.05) is 0 Å². The molecule has 0 saturated carbocycles. The summed E-state index contributed by atoms with van der Waals surface area (Å²) >= 11 is 5.73. The zero-order valence-electron chi connectivity index (χ0n) is 10.9. The third kappa shape index (κ3) is 2.85. The van der Waals surface area contributed by atoms with Crippen molar-refractivity contribution in [2.75, 3.05) is 24.3 Å². The van der Waals surface area contributed by atoms with E-state index in [1.165, 1.54) is 6.20 Å². The molecule has 1 aromatic carbocycles. The molecule has 1 aliphatic heterocycles. The minimum atomic E-state index is -0.296. The molecular formula is C14H12ClN3O3. The number of carbonyl (C=O) groups excluding carboxylic acids is 1. The quantitative estimate of drug-likeness (QED) is 0.832. The van der Waals surface area contributed by atoms with Gasteiger partial charge < -0.3 is 20.5 Å². The summed E-state index contributed by atoms with van der Waals surface area (Å²) in [4.78, 5) is 16.1. The molecule has 2 aromatic rings. The van der Waals surface area contributed by atoms with Crippen LogP contribution in [0, 0.1) is 0 Å². The lowest BCUT2D eigenvalue weighted by molar-refractivity contribution is 0.102. The van der Waals surface area contributed by atoms with Gasteiger partial charge in [-0.05, 0) is 24.3 Å². The summed E-state index contributed by atoms with van der Waals surface area (Å²) in [6.45, 7) is 0.976. The smallest absolute Gasteiger partial charge is 0.255 e. The fraction of sp³-hybridized carbons (Fsp3) is 0.143. The first kappa shape index (κ1) is 13.5. The first-order valence-electron chi connectivity index (χ1n) is 6.25. The van der Waals surface area contributed by atoms with Crippen LogP contribution in [-0.2, 0) is 0 Å². The number of halogens is 1. The van der Waals surface area contributed by atoms with Gasteiger partial charge in [-0.3, -0.25) is 4.79 Å². The normalized spacial score (nSPS) is 12.8. The summed E-state index contributed by atoms with van der Waals surface area (Å²) in [6.07, 6.45) is 1.44. The van der Waals surface area contributed by atoms with Gasteiger partial charge in [0.25, 0.3) is 5.91 Å². The van der Waals surface area contributed by atoms with E-state index >= 15 is 0 Å². The van der Waals surface area contributed by atoms with Crippen LogP contribution in [0.5, 0.6) is 11.5 Å². The number of aromatic nitrogens is 1. The maximum atomic E-state index is 12.2. The molecule has 0 fully saturated rings. The van der Waals surface area contributed by atoms with E-state index < -0.39 is 0 Å². The number of nitrogens with two attached hydrogens (primary N) is 1. The maximum absolute atomic E-state index is 12.2. The molecule has 3 rings (SSSR count). The molecule has 7 heteroatoms. The summed E-state index contributed by atoms with van der Waals surface area (Å²) in [5, 5.41) is 2.90. The number of nitrogens with one attached hydrogen (secondary N) is 1. The molecule has 6 nitrogen and oxygen atoms in total. The molecule has 2 heterocycles. The van der Waals surface area contributed by atoms with E-state index in [-0.39, 0.29) is 11.1 Å². The Bertz CT molecular complexity index is 706. The molecule has 0 atom stereocenters. The van der Waals surface area contributed by atoms with Crippen LogP contribution in [0.3, 0.4) is 0 Å². The number of amides is 1. The molecule has 0 radical (unpaired) electrons. The minimum Gasteiger partial charge on any atom is -0.486 e. The van der Waals surface area contributed by atoms with Gasteiger partial charge >= 0.3 is 0 Å². The fourth-order valence-corrected chi connectivity index (χ4v) is 2.02. The summed E-state index contributed by atoms with van der Waals surface area (Å²) in [5.74, 6) is 0.897. The second kappa shape index (κ2) is 5.49. The Morgan fingerprint density at radius 2 is 2.00 bits per heavy atom. The van der Waals surface area contributed by atoms with Gasteiger partial charge in [0.1, 0.15) is 13.2 Å². The molecular weight excluding hydrogens is 294 g/mol. The number of rotatable bonds is 2. The minimum absolute atomic E-state index is 0.201. The predicted molar refractivity (Wildman–Crippen MR) is 79.0 cm³/mol. The summed E-state index contributed by atoms with van der Waals surface area (Å²) in [7, 11) is 0. The standard InChI is InChI=1S/C14H12ClN3O3/c15-13-10(16)6-9(7-17-13)18-14(19)8-1-2-11-12(5-8)21-4-3-20-11/h1-2,5-7H,3-4,16H2,(H,18,19). The van der Waals surface area contributed by atoms with Gasteiger partial charge in [0.05, 0.1) is 17.6 Å². The molecule has 0 bridgehead atoms. The highest BCUT2D eigenvalue weighted by Crippen LogP contribution is 2.31. The number of nitrogens with zero attached hydrogens (tertiary/aromatic N) is 1. The zero-order valence-corrected chi connectivity index (χ0v) is 11.7. The maximum Gasteiger partial charge on any atom is 0.255 e. The van der Waals surface area contributed by atoms with Gasteiger partial charge in [-0.1, -0.05) is 11.6 Å². The first-order chi connectivity index (χ1) is 10.1. The monoisotopic (exact) mass is 305 g/mol. The number of nitrogen functional groups attached to an aromatic ring is 1. The van der Waals surface area contributed by atoms with Crippen LogP contribution in [0.25, 0.3) is 0 Å². The highest BCUT2D eigenvalue weighted by atomic mass is 35.5. The second-order valence-corrected chi connectivity index (χ2v) is 4.77. The van der Waals surface area contributed by atoms with Crippen LogP contribution in [0.2, 0.25) is 5.15 Å². The van der Waals surface area contributed by atoms with Crippen LogP contribution in [0.15, 0.2) is 30.5 Å². The van der Waals surface area contributed by atoms with Crippen LogP contribution >= 0.6 is 11.6 Å². The van der Waals surface area contributed by atoms with Crippen molar-refractivity contribution < 1.29 is 14.3 Å². The number of fused-ring (bicyclic) bond motifs is 1. The molecule has 21 heavy (non-hydrogen) atoms. The Labute approximate surface area is 125 Å². The number of hydrogen-bond donors (Lipinski definition) is 2. The van der Waals surface area contributed by atoms with Crippen LogP contribution < -0.4 is 20.5 Å². The lowest BCUT2D eigenvalue weighted by Crippen LogP contribution is -2.17. The first-order valence-corrected chi connectivity index (χ1v) is 6.63. The Morgan fingerprint density at radius 1 is 1.24 bits per heavy atom. The Kier molecular flexibility index (Phi) is 3.53. The van der Waals surface area contributed by atoms with Gasteiger partial charge in [-0.2, -0.15) is 0 Å². The highest BCUT2D eigenvalue weighted by molar-refractivity contribution is 6.31. The number of anilines is 2. The Balaban J connectivity index is 1.80.